The number of carbonyl (C=O) groups excluding carboxylic acids is 2. The normalized spacial score (nSPS) is 14.8. The molecule has 0 heterocycles. The lowest BCUT2D eigenvalue weighted by molar-refractivity contribution is -0.122. The molecular formula is C14H18N2O2. The minimum absolute atomic E-state index is 0.0127. The number of hydrogen-bond donors (Lipinski definition) is 1. The fraction of sp³-hybridized carbons (Fsp3) is 0.429. The van der Waals surface area contributed by atoms with Crippen LogP contribution in [-0.4, -0.2) is 18.9 Å². The van der Waals surface area contributed by atoms with Gasteiger partial charge in [0.1, 0.15) is 0 Å². The highest BCUT2D eigenvalue weighted by molar-refractivity contribution is 5.94. The largest absolute Gasteiger partial charge is 0.326 e. The molecule has 18 heavy (non-hydrogen) atoms. The Morgan fingerprint density at radius 1 is 1.22 bits per heavy atom. The van der Waals surface area contributed by atoms with Gasteiger partial charge in [0.25, 0.3) is 0 Å². The Labute approximate surface area is 107 Å². The summed E-state index contributed by atoms with van der Waals surface area (Å²) in [5.41, 5.74) is 1.61. The van der Waals surface area contributed by atoms with Gasteiger partial charge in [-0.05, 0) is 37.1 Å². The number of carbonyl (C=O) groups is 2. The number of benzene rings is 1. The van der Waals surface area contributed by atoms with Gasteiger partial charge in [0.2, 0.25) is 11.8 Å². The molecule has 0 saturated heterocycles. The molecule has 4 heteroatoms. The number of nitrogens with zero attached hydrogens (tertiary/aromatic N) is 1. The summed E-state index contributed by atoms with van der Waals surface area (Å²) in [6.07, 6.45) is 3.15. The molecule has 2 amide bonds. The Kier molecular flexibility index (Phi) is 3.65. The van der Waals surface area contributed by atoms with Gasteiger partial charge in [-0.1, -0.05) is 6.42 Å². The van der Waals surface area contributed by atoms with E-state index < -0.39 is 0 Å². The number of anilines is 2. The molecule has 96 valence electrons. The van der Waals surface area contributed by atoms with Crippen LogP contribution in [0.25, 0.3) is 0 Å². The summed E-state index contributed by atoms with van der Waals surface area (Å²) in [5, 5.41) is 2.90. The van der Waals surface area contributed by atoms with Crippen molar-refractivity contribution in [1.82, 2.24) is 0 Å². The third-order valence-corrected chi connectivity index (χ3v) is 3.47. The van der Waals surface area contributed by atoms with Crippen LogP contribution in [0.1, 0.15) is 26.2 Å². The maximum absolute atomic E-state index is 11.7. The van der Waals surface area contributed by atoms with Gasteiger partial charge in [-0.3, -0.25) is 9.59 Å². The standard InChI is InChI=1S/C14H18N2O2/c1-10(17)16(2)13-8-6-12(7-9-13)15-14(18)11-4-3-5-11/h6-9,11H,3-5H2,1-2H3,(H,15,18). The highest BCUT2D eigenvalue weighted by Crippen LogP contribution is 2.27. The maximum atomic E-state index is 11.7. The van der Waals surface area contributed by atoms with E-state index in [1.54, 1.807) is 11.9 Å². The van der Waals surface area contributed by atoms with E-state index in [0.717, 1.165) is 30.6 Å². The zero-order valence-electron chi connectivity index (χ0n) is 10.8. The number of nitrogens with one attached hydrogen (secondary N) is 1. The molecule has 1 saturated carbocycles. The SMILES string of the molecule is CC(=O)N(C)c1ccc(NC(=O)C2CCC2)cc1. The fourth-order valence-electron chi connectivity index (χ4n) is 1.86. The quantitative estimate of drug-likeness (QED) is 0.890. The van der Waals surface area contributed by atoms with Crippen molar-refractivity contribution in [2.24, 2.45) is 5.92 Å². The van der Waals surface area contributed by atoms with Gasteiger partial charge >= 0.3 is 0 Å². The van der Waals surface area contributed by atoms with Crippen LogP contribution in [0.2, 0.25) is 0 Å². The first kappa shape index (κ1) is 12.6. The predicted octanol–water partition coefficient (Wildman–Crippen LogP) is 2.41. The lowest BCUT2D eigenvalue weighted by Gasteiger charge is -2.24. The van der Waals surface area contributed by atoms with Gasteiger partial charge in [0.15, 0.2) is 0 Å². The number of rotatable bonds is 3. The molecule has 1 aliphatic carbocycles. The monoisotopic (exact) mass is 246 g/mol. The highest BCUT2D eigenvalue weighted by Gasteiger charge is 2.25. The average molecular weight is 246 g/mol. The van der Waals surface area contributed by atoms with Crippen molar-refractivity contribution >= 4 is 23.2 Å². The number of hydrogen-bond acceptors (Lipinski definition) is 2. The lowest BCUT2D eigenvalue weighted by atomic mass is 9.85. The Bertz CT molecular complexity index is 449. The highest BCUT2D eigenvalue weighted by atomic mass is 16.2. The molecule has 1 aromatic rings. The van der Waals surface area contributed by atoms with E-state index in [0.29, 0.717) is 0 Å². The molecule has 0 aromatic heterocycles. The molecule has 1 N–H and O–H groups in total. The molecule has 0 unspecified atom stereocenters. The Morgan fingerprint density at radius 2 is 1.83 bits per heavy atom. The molecule has 1 aliphatic rings. The van der Waals surface area contributed by atoms with Crippen molar-refractivity contribution in [3.63, 3.8) is 0 Å². The Morgan fingerprint density at radius 3 is 2.28 bits per heavy atom. The third-order valence-electron chi connectivity index (χ3n) is 3.47. The van der Waals surface area contributed by atoms with Gasteiger partial charge in [-0.2, -0.15) is 0 Å². The molecule has 1 aromatic carbocycles. The van der Waals surface area contributed by atoms with Crippen molar-refractivity contribution < 1.29 is 9.59 Å². The molecule has 0 radical (unpaired) electrons. The van der Waals surface area contributed by atoms with Crippen molar-refractivity contribution in [3.8, 4) is 0 Å². The van der Waals surface area contributed by atoms with Gasteiger partial charge in [0, 0.05) is 31.3 Å². The van der Waals surface area contributed by atoms with Crippen LogP contribution in [0.15, 0.2) is 24.3 Å². The molecule has 4 nitrogen and oxygen atoms in total. The van der Waals surface area contributed by atoms with Crippen LogP contribution in [0.4, 0.5) is 11.4 Å². The minimum atomic E-state index is -0.0127. The summed E-state index contributed by atoms with van der Waals surface area (Å²) in [5.74, 6) is 0.278. The average Bonchev–Trinajstić information content (AvgIpc) is 2.26. The van der Waals surface area contributed by atoms with Crippen LogP contribution >= 0.6 is 0 Å². The second-order valence-electron chi connectivity index (χ2n) is 4.74. The number of amides is 2. The second kappa shape index (κ2) is 5.21. The van der Waals surface area contributed by atoms with Crippen LogP contribution < -0.4 is 10.2 Å². The van der Waals surface area contributed by atoms with E-state index in [1.807, 2.05) is 24.3 Å². The molecule has 1 fully saturated rings. The van der Waals surface area contributed by atoms with Crippen LogP contribution in [0.3, 0.4) is 0 Å². The summed E-state index contributed by atoms with van der Waals surface area (Å²) < 4.78 is 0. The first-order valence-corrected chi connectivity index (χ1v) is 6.23. The van der Waals surface area contributed by atoms with Crippen LogP contribution in [-0.2, 0) is 9.59 Å². The van der Waals surface area contributed by atoms with Gasteiger partial charge in [-0.25, -0.2) is 0 Å². The van der Waals surface area contributed by atoms with E-state index in [1.165, 1.54) is 6.92 Å². The van der Waals surface area contributed by atoms with Crippen molar-refractivity contribution in [2.45, 2.75) is 26.2 Å². The Balaban J connectivity index is 1.98. The van der Waals surface area contributed by atoms with E-state index >= 15 is 0 Å². The van der Waals surface area contributed by atoms with Gasteiger partial charge in [-0.15, -0.1) is 0 Å². The summed E-state index contributed by atoms with van der Waals surface area (Å²) in [6.45, 7) is 1.52. The van der Waals surface area contributed by atoms with E-state index in [9.17, 15) is 9.59 Å². The molecular weight excluding hydrogens is 228 g/mol. The molecule has 0 bridgehead atoms. The van der Waals surface area contributed by atoms with E-state index in [2.05, 4.69) is 5.32 Å². The fourth-order valence-corrected chi connectivity index (χ4v) is 1.86. The lowest BCUT2D eigenvalue weighted by Crippen LogP contribution is -2.28. The van der Waals surface area contributed by atoms with Crippen LogP contribution in [0.5, 0.6) is 0 Å². The molecule has 2 rings (SSSR count). The topological polar surface area (TPSA) is 49.4 Å². The molecule has 0 atom stereocenters. The van der Waals surface area contributed by atoms with Gasteiger partial charge < -0.3 is 10.2 Å². The van der Waals surface area contributed by atoms with Gasteiger partial charge in [0.05, 0.1) is 0 Å². The molecule has 0 spiro atoms. The van der Waals surface area contributed by atoms with Crippen molar-refractivity contribution in [2.75, 3.05) is 17.3 Å². The summed E-state index contributed by atoms with van der Waals surface area (Å²) in [4.78, 5) is 24.5. The zero-order valence-corrected chi connectivity index (χ0v) is 10.8. The predicted molar refractivity (Wildman–Crippen MR) is 71.5 cm³/mol. The van der Waals surface area contributed by atoms with Crippen molar-refractivity contribution in [1.29, 1.82) is 0 Å². The smallest absolute Gasteiger partial charge is 0.227 e. The van der Waals surface area contributed by atoms with Crippen LogP contribution in [0, 0.1) is 5.92 Å². The maximum Gasteiger partial charge on any atom is 0.227 e. The Hall–Kier alpha value is -1.84. The van der Waals surface area contributed by atoms with E-state index in [-0.39, 0.29) is 17.7 Å². The summed E-state index contributed by atoms with van der Waals surface area (Å²) >= 11 is 0. The second-order valence-corrected chi connectivity index (χ2v) is 4.74. The summed E-state index contributed by atoms with van der Waals surface area (Å²) in [7, 11) is 1.73. The summed E-state index contributed by atoms with van der Waals surface area (Å²) in [6, 6.07) is 7.31. The van der Waals surface area contributed by atoms with Crippen molar-refractivity contribution in [3.05, 3.63) is 24.3 Å². The minimum Gasteiger partial charge on any atom is -0.326 e. The molecule has 0 aliphatic heterocycles. The zero-order chi connectivity index (χ0) is 13.1. The first-order chi connectivity index (χ1) is 8.58. The first-order valence-electron chi connectivity index (χ1n) is 6.23. The third kappa shape index (κ3) is 2.70. The van der Waals surface area contributed by atoms with E-state index in [4.69, 9.17) is 0 Å².